The fourth-order valence-electron chi connectivity index (χ4n) is 3.68. The van der Waals surface area contributed by atoms with Gasteiger partial charge in [0.25, 0.3) is 5.56 Å². The van der Waals surface area contributed by atoms with Gasteiger partial charge in [-0.05, 0) is 48.9 Å². The van der Waals surface area contributed by atoms with Crippen LogP contribution in [0.3, 0.4) is 0 Å². The van der Waals surface area contributed by atoms with Crippen molar-refractivity contribution in [3.63, 3.8) is 0 Å². The van der Waals surface area contributed by atoms with E-state index in [-0.39, 0.29) is 36.0 Å². The monoisotopic (exact) mass is 618 g/mol. The summed E-state index contributed by atoms with van der Waals surface area (Å²) in [5, 5.41) is 17.4. The summed E-state index contributed by atoms with van der Waals surface area (Å²) in [6.07, 6.45) is 1.80. The number of rotatable bonds is 9. The van der Waals surface area contributed by atoms with Gasteiger partial charge >= 0.3 is 5.69 Å². The van der Waals surface area contributed by atoms with Crippen LogP contribution in [0, 0.1) is 10.1 Å². The Balaban J connectivity index is 1.74. The maximum absolute atomic E-state index is 13.2. The molecule has 1 aromatic heterocycles. The molecule has 0 amide bonds. The minimum absolute atomic E-state index is 0.00118. The molecular formula is C26H21BrCl2N4O5. The first-order chi connectivity index (χ1) is 18.2. The predicted octanol–water partition coefficient (Wildman–Crippen LogP) is 6.80. The zero-order valence-corrected chi connectivity index (χ0v) is 23.4. The fourth-order valence-corrected chi connectivity index (χ4v) is 4.36. The molecule has 0 unspecified atom stereocenters. The summed E-state index contributed by atoms with van der Waals surface area (Å²) < 4.78 is 13.4. The van der Waals surface area contributed by atoms with Crippen LogP contribution < -0.4 is 15.0 Å². The number of nitro groups is 1. The van der Waals surface area contributed by atoms with Gasteiger partial charge in [-0.2, -0.15) is 9.78 Å². The number of hydrogen-bond donors (Lipinski definition) is 0. The Morgan fingerprint density at radius 3 is 2.58 bits per heavy atom. The predicted molar refractivity (Wildman–Crippen MR) is 151 cm³/mol. The minimum Gasteiger partial charge on any atom is -0.490 e. The third kappa shape index (κ3) is 5.98. The summed E-state index contributed by atoms with van der Waals surface area (Å²) in [4.78, 5) is 29.1. The van der Waals surface area contributed by atoms with E-state index in [1.165, 1.54) is 17.0 Å². The highest BCUT2D eigenvalue weighted by atomic mass is 79.9. The lowest BCUT2D eigenvalue weighted by atomic mass is 10.1. The summed E-state index contributed by atoms with van der Waals surface area (Å²) in [5.41, 5.74) is 0.889. The maximum atomic E-state index is 13.2. The quantitative estimate of drug-likeness (QED) is 0.116. The van der Waals surface area contributed by atoms with E-state index in [0.717, 1.165) is 4.47 Å². The van der Waals surface area contributed by atoms with Gasteiger partial charge in [-0.1, -0.05) is 52.1 Å². The Labute approximate surface area is 235 Å². The van der Waals surface area contributed by atoms with Crippen LogP contribution in [-0.2, 0) is 13.0 Å². The Kier molecular flexibility index (Phi) is 8.65. The standard InChI is InChI=1S/C26H21BrCl2N4O5/c1-3-24-31-21-8-6-17(27)12-18(21)26(34)32(24)30-13-16-10-22(33(35)36)25(23(11-16)37-4-2)38-14-15-5-7-19(28)20(29)9-15/h5-13H,3-4,14H2,1-2H3. The number of aromatic nitrogens is 2. The molecule has 0 aliphatic heterocycles. The largest absolute Gasteiger partial charge is 0.490 e. The van der Waals surface area contributed by atoms with Crippen LogP contribution in [0.25, 0.3) is 10.9 Å². The average molecular weight is 620 g/mol. The number of halogens is 3. The lowest BCUT2D eigenvalue weighted by Gasteiger charge is -2.13. The van der Waals surface area contributed by atoms with E-state index >= 15 is 0 Å². The molecule has 0 radical (unpaired) electrons. The highest BCUT2D eigenvalue weighted by Gasteiger charge is 2.23. The third-order valence-corrected chi connectivity index (χ3v) is 6.67. The van der Waals surface area contributed by atoms with Crippen molar-refractivity contribution >= 4 is 61.9 Å². The second-order valence-electron chi connectivity index (χ2n) is 8.00. The Bertz CT molecular complexity index is 1620. The number of nitro benzene ring substituents is 1. The SMILES string of the molecule is CCOc1cc(C=Nn2c(CC)nc3ccc(Br)cc3c2=O)cc([N+](=O)[O-])c1OCc1ccc(Cl)c(Cl)c1. The molecule has 0 saturated carbocycles. The molecule has 0 aliphatic rings. The molecule has 12 heteroatoms. The van der Waals surface area contributed by atoms with Gasteiger partial charge in [0.05, 0.1) is 38.7 Å². The second kappa shape index (κ2) is 11.9. The lowest BCUT2D eigenvalue weighted by Crippen LogP contribution is -2.22. The number of hydrogen-bond acceptors (Lipinski definition) is 7. The van der Waals surface area contributed by atoms with Crippen molar-refractivity contribution in [1.29, 1.82) is 0 Å². The number of fused-ring (bicyclic) bond motifs is 1. The third-order valence-electron chi connectivity index (χ3n) is 5.44. The molecule has 3 aromatic carbocycles. The zero-order valence-electron chi connectivity index (χ0n) is 20.3. The minimum atomic E-state index is -0.567. The van der Waals surface area contributed by atoms with Crippen LogP contribution in [0.15, 0.2) is 62.9 Å². The smallest absolute Gasteiger partial charge is 0.315 e. The summed E-state index contributed by atoms with van der Waals surface area (Å²) in [6.45, 7) is 3.85. The number of benzene rings is 3. The van der Waals surface area contributed by atoms with Gasteiger partial charge in [0, 0.05) is 22.5 Å². The summed E-state index contributed by atoms with van der Waals surface area (Å²) in [7, 11) is 0. The van der Waals surface area contributed by atoms with E-state index < -0.39 is 4.92 Å². The molecule has 4 aromatic rings. The van der Waals surface area contributed by atoms with Crippen LogP contribution in [0.5, 0.6) is 11.5 Å². The highest BCUT2D eigenvalue weighted by Crippen LogP contribution is 2.39. The Hall–Kier alpha value is -3.47. The second-order valence-corrected chi connectivity index (χ2v) is 9.73. The first-order valence-electron chi connectivity index (χ1n) is 11.5. The van der Waals surface area contributed by atoms with Gasteiger partial charge in [0.15, 0.2) is 5.75 Å². The molecular weight excluding hydrogens is 599 g/mol. The van der Waals surface area contributed by atoms with E-state index in [1.807, 2.05) is 6.92 Å². The molecule has 0 saturated heterocycles. The van der Waals surface area contributed by atoms with Gasteiger partial charge in [0.1, 0.15) is 12.4 Å². The van der Waals surface area contributed by atoms with Crippen LogP contribution in [0.1, 0.15) is 30.8 Å². The van der Waals surface area contributed by atoms with Gasteiger partial charge in [-0.15, -0.1) is 0 Å². The topological polar surface area (TPSA) is 109 Å². The van der Waals surface area contributed by atoms with Crippen molar-refractivity contribution in [1.82, 2.24) is 9.66 Å². The molecule has 0 bridgehead atoms. The molecule has 0 fully saturated rings. The Morgan fingerprint density at radius 2 is 1.89 bits per heavy atom. The van der Waals surface area contributed by atoms with E-state index in [2.05, 4.69) is 26.0 Å². The van der Waals surface area contributed by atoms with Crippen molar-refractivity contribution in [3.8, 4) is 11.5 Å². The molecule has 4 rings (SSSR count). The number of nitrogens with zero attached hydrogens (tertiary/aromatic N) is 4. The first kappa shape index (κ1) is 27.6. The van der Waals surface area contributed by atoms with E-state index in [9.17, 15) is 14.9 Å². The normalized spacial score (nSPS) is 11.3. The molecule has 0 spiro atoms. The van der Waals surface area contributed by atoms with Crippen molar-refractivity contribution in [2.75, 3.05) is 6.61 Å². The van der Waals surface area contributed by atoms with E-state index in [0.29, 0.717) is 44.3 Å². The summed E-state index contributed by atoms with van der Waals surface area (Å²) >= 11 is 15.4. The first-order valence-corrected chi connectivity index (χ1v) is 13.0. The number of aryl methyl sites for hydroxylation is 1. The lowest BCUT2D eigenvalue weighted by molar-refractivity contribution is -0.386. The van der Waals surface area contributed by atoms with Crippen LogP contribution in [-0.4, -0.2) is 27.4 Å². The van der Waals surface area contributed by atoms with Crippen molar-refractivity contribution in [2.24, 2.45) is 5.10 Å². The molecule has 196 valence electrons. The highest BCUT2D eigenvalue weighted by molar-refractivity contribution is 9.10. The maximum Gasteiger partial charge on any atom is 0.315 e. The summed E-state index contributed by atoms with van der Waals surface area (Å²) in [5.74, 6) is 0.567. The molecule has 0 aliphatic carbocycles. The molecule has 38 heavy (non-hydrogen) atoms. The van der Waals surface area contributed by atoms with E-state index in [1.54, 1.807) is 49.4 Å². The van der Waals surface area contributed by atoms with Gasteiger partial charge < -0.3 is 9.47 Å². The van der Waals surface area contributed by atoms with Gasteiger partial charge in [-0.3, -0.25) is 14.9 Å². The molecule has 0 N–H and O–H groups in total. The number of ether oxygens (including phenoxy) is 2. The van der Waals surface area contributed by atoms with Crippen molar-refractivity contribution < 1.29 is 14.4 Å². The van der Waals surface area contributed by atoms with Gasteiger partial charge in [0.2, 0.25) is 5.75 Å². The van der Waals surface area contributed by atoms with Crippen LogP contribution in [0.4, 0.5) is 5.69 Å². The van der Waals surface area contributed by atoms with Crippen molar-refractivity contribution in [2.45, 2.75) is 26.9 Å². The van der Waals surface area contributed by atoms with Crippen LogP contribution >= 0.6 is 39.1 Å². The zero-order chi connectivity index (χ0) is 27.4. The molecule has 1 heterocycles. The van der Waals surface area contributed by atoms with Gasteiger partial charge in [-0.25, -0.2) is 4.98 Å². The Morgan fingerprint density at radius 1 is 1.11 bits per heavy atom. The average Bonchev–Trinajstić information content (AvgIpc) is 2.89. The van der Waals surface area contributed by atoms with Crippen molar-refractivity contribution in [3.05, 3.63) is 100 Å². The fraction of sp³-hybridized carbons (Fsp3) is 0.192. The van der Waals surface area contributed by atoms with Crippen LogP contribution in [0.2, 0.25) is 10.0 Å². The van der Waals surface area contributed by atoms with E-state index in [4.69, 9.17) is 32.7 Å². The molecule has 9 nitrogen and oxygen atoms in total. The summed E-state index contributed by atoms with van der Waals surface area (Å²) in [6, 6.07) is 13.0. The molecule has 0 atom stereocenters.